The van der Waals surface area contributed by atoms with Crippen LogP contribution in [0.1, 0.15) is 50.8 Å². The lowest BCUT2D eigenvalue weighted by Gasteiger charge is -2.33. The molecule has 1 aliphatic rings. The van der Waals surface area contributed by atoms with E-state index in [0.29, 0.717) is 12.6 Å². The first-order chi connectivity index (χ1) is 11.3. The minimum atomic E-state index is -0.0700. The Morgan fingerprint density at radius 3 is 2.71 bits per heavy atom. The third-order valence-corrected chi connectivity index (χ3v) is 4.81. The van der Waals surface area contributed by atoms with E-state index in [1.54, 1.807) is 6.07 Å². The van der Waals surface area contributed by atoms with Crippen LogP contribution in [-0.2, 0) is 12.0 Å². The number of phenols is 2. The van der Waals surface area contributed by atoms with E-state index in [0.717, 1.165) is 37.1 Å². The fourth-order valence-corrected chi connectivity index (χ4v) is 3.36. The summed E-state index contributed by atoms with van der Waals surface area (Å²) in [5.41, 5.74) is 1.76. The Kier molecular flexibility index (Phi) is 4.54. The molecule has 0 unspecified atom stereocenters. The fraction of sp³-hybridized carbons (Fsp3) is 0.526. The van der Waals surface area contributed by atoms with Crippen LogP contribution in [0.4, 0.5) is 0 Å². The Balaban J connectivity index is 1.79. The number of phenolic OH excluding ortho intramolecular Hbond substituents is 2. The van der Waals surface area contributed by atoms with Crippen molar-refractivity contribution in [3.05, 3.63) is 41.7 Å². The van der Waals surface area contributed by atoms with E-state index in [9.17, 15) is 10.2 Å². The van der Waals surface area contributed by atoms with Crippen molar-refractivity contribution in [2.45, 2.75) is 51.6 Å². The summed E-state index contributed by atoms with van der Waals surface area (Å²) in [7, 11) is 0. The summed E-state index contributed by atoms with van der Waals surface area (Å²) in [4.78, 5) is 2.33. The van der Waals surface area contributed by atoms with Crippen molar-refractivity contribution in [1.29, 1.82) is 0 Å². The maximum Gasteiger partial charge on any atom is 0.162 e. The second kappa shape index (κ2) is 6.48. The molecule has 0 aliphatic carbocycles. The number of piperidine rings is 1. The largest absolute Gasteiger partial charge is 0.504 e. The van der Waals surface area contributed by atoms with Gasteiger partial charge in [0, 0.05) is 31.0 Å². The third kappa shape index (κ3) is 3.56. The molecule has 1 saturated heterocycles. The van der Waals surface area contributed by atoms with Gasteiger partial charge < -0.3 is 10.2 Å². The summed E-state index contributed by atoms with van der Waals surface area (Å²) in [5.74, 6) is -0.0257. The first kappa shape index (κ1) is 16.8. The molecule has 0 saturated carbocycles. The van der Waals surface area contributed by atoms with Gasteiger partial charge in [0.2, 0.25) is 0 Å². The third-order valence-electron chi connectivity index (χ3n) is 4.81. The topological polar surface area (TPSA) is 61.5 Å². The molecule has 0 spiro atoms. The first-order valence-corrected chi connectivity index (χ1v) is 8.61. The maximum absolute atomic E-state index is 10.3. The molecule has 130 valence electrons. The summed E-state index contributed by atoms with van der Waals surface area (Å²) in [6.45, 7) is 8.87. The van der Waals surface area contributed by atoms with Crippen LogP contribution in [0.15, 0.2) is 30.6 Å². The van der Waals surface area contributed by atoms with E-state index in [4.69, 9.17) is 0 Å². The van der Waals surface area contributed by atoms with Gasteiger partial charge in [0.25, 0.3) is 0 Å². The molecule has 2 heterocycles. The van der Waals surface area contributed by atoms with Crippen molar-refractivity contribution in [2.24, 2.45) is 0 Å². The maximum atomic E-state index is 10.3. The Bertz CT molecular complexity index is 689. The van der Waals surface area contributed by atoms with Gasteiger partial charge in [-0.1, -0.05) is 26.8 Å². The standard InChI is InChI=1S/C19H27N3O2/c1-19(2,3)15-10-14(18(24)17(23)11-15)12-21-8-4-6-16(13-21)22-9-5-7-20-22/h5,7,9-11,16,23-24H,4,6,8,12-13H2,1-3H3/t16-/m0/s1. The smallest absolute Gasteiger partial charge is 0.162 e. The summed E-state index contributed by atoms with van der Waals surface area (Å²) in [5, 5.41) is 24.7. The number of aromatic hydroxyl groups is 2. The number of hydrogen-bond acceptors (Lipinski definition) is 4. The van der Waals surface area contributed by atoms with Gasteiger partial charge in [-0.25, -0.2) is 0 Å². The van der Waals surface area contributed by atoms with Crippen LogP contribution in [0.5, 0.6) is 11.5 Å². The highest BCUT2D eigenvalue weighted by atomic mass is 16.3. The van der Waals surface area contributed by atoms with Crippen molar-refractivity contribution in [3.8, 4) is 11.5 Å². The Hall–Kier alpha value is -2.01. The molecule has 1 fully saturated rings. The van der Waals surface area contributed by atoms with E-state index < -0.39 is 0 Å². The number of likely N-dealkylation sites (tertiary alicyclic amines) is 1. The van der Waals surface area contributed by atoms with E-state index in [1.165, 1.54) is 0 Å². The number of nitrogens with zero attached hydrogens (tertiary/aromatic N) is 3. The van der Waals surface area contributed by atoms with Crippen LogP contribution in [0, 0.1) is 0 Å². The molecular weight excluding hydrogens is 302 g/mol. The predicted molar refractivity (Wildman–Crippen MR) is 94.2 cm³/mol. The average Bonchev–Trinajstić information content (AvgIpc) is 3.05. The van der Waals surface area contributed by atoms with Crippen molar-refractivity contribution < 1.29 is 10.2 Å². The van der Waals surface area contributed by atoms with Crippen LogP contribution in [0.3, 0.4) is 0 Å². The quantitative estimate of drug-likeness (QED) is 0.847. The molecule has 5 nitrogen and oxygen atoms in total. The van der Waals surface area contributed by atoms with Crippen molar-refractivity contribution in [2.75, 3.05) is 13.1 Å². The summed E-state index contributed by atoms with van der Waals surface area (Å²) in [6, 6.07) is 6.01. The first-order valence-electron chi connectivity index (χ1n) is 8.61. The van der Waals surface area contributed by atoms with E-state index in [-0.39, 0.29) is 16.9 Å². The van der Waals surface area contributed by atoms with Crippen molar-refractivity contribution in [1.82, 2.24) is 14.7 Å². The fourth-order valence-electron chi connectivity index (χ4n) is 3.36. The number of aromatic nitrogens is 2. The second-order valence-corrected chi connectivity index (χ2v) is 7.77. The van der Waals surface area contributed by atoms with Crippen LogP contribution in [0.25, 0.3) is 0 Å². The molecule has 2 N–H and O–H groups in total. The second-order valence-electron chi connectivity index (χ2n) is 7.77. The molecule has 1 aromatic carbocycles. The summed E-state index contributed by atoms with van der Waals surface area (Å²) < 4.78 is 2.02. The lowest BCUT2D eigenvalue weighted by atomic mass is 9.85. The van der Waals surface area contributed by atoms with Gasteiger partial charge in [0.1, 0.15) is 0 Å². The van der Waals surface area contributed by atoms with E-state index >= 15 is 0 Å². The highest BCUT2D eigenvalue weighted by Crippen LogP contribution is 2.36. The van der Waals surface area contributed by atoms with Crippen molar-refractivity contribution in [3.63, 3.8) is 0 Å². The molecule has 0 radical (unpaired) electrons. The molecule has 3 rings (SSSR count). The molecular formula is C19H27N3O2. The zero-order chi connectivity index (χ0) is 17.3. The normalized spacial score (nSPS) is 19.5. The van der Waals surface area contributed by atoms with Crippen LogP contribution in [0.2, 0.25) is 0 Å². The van der Waals surface area contributed by atoms with Gasteiger partial charge in [-0.15, -0.1) is 0 Å². The number of rotatable bonds is 3. The van der Waals surface area contributed by atoms with Gasteiger partial charge in [0.05, 0.1) is 6.04 Å². The van der Waals surface area contributed by atoms with Gasteiger partial charge in [0.15, 0.2) is 11.5 Å². The molecule has 0 amide bonds. The van der Waals surface area contributed by atoms with Crippen LogP contribution < -0.4 is 0 Å². The molecule has 1 atom stereocenters. The van der Waals surface area contributed by atoms with E-state index in [1.807, 2.05) is 29.2 Å². The Morgan fingerprint density at radius 1 is 1.25 bits per heavy atom. The monoisotopic (exact) mass is 329 g/mol. The molecule has 1 aromatic heterocycles. The summed E-state index contributed by atoms with van der Waals surface area (Å²) in [6.07, 6.45) is 6.06. The van der Waals surface area contributed by atoms with Gasteiger partial charge in [-0.3, -0.25) is 9.58 Å². The molecule has 5 heteroatoms. The Labute approximate surface area is 143 Å². The molecule has 0 bridgehead atoms. The van der Waals surface area contributed by atoms with Gasteiger partial charge in [-0.05, 0) is 42.5 Å². The highest BCUT2D eigenvalue weighted by molar-refractivity contribution is 5.49. The predicted octanol–water partition coefficient (Wildman–Crippen LogP) is 3.43. The summed E-state index contributed by atoms with van der Waals surface area (Å²) >= 11 is 0. The van der Waals surface area contributed by atoms with E-state index in [2.05, 4.69) is 30.8 Å². The van der Waals surface area contributed by atoms with Gasteiger partial charge >= 0.3 is 0 Å². The molecule has 2 aromatic rings. The zero-order valence-electron chi connectivity index (χ0n) is 14.7. The highest BCUT2D eigenvalue weighted by Gasteiger charge is 2.24. The van der Waals surface area contributed by atoms with Gasteiger partial charge in [-0.2, -0.15) is 5.10 Å². The molecule has 1 aliphatic heterocycles. The minimum Gasteiger partial charge on any atom is -0.504 e. The molecule has 24 heavy (non-hydrogen) atoms. The SMILES string of the molecule is CC(C)(C)c1cc(O)c(O)c(CN2CCC[C@H](n3cccn3)C2)c1. The number of benzene rings is 1. The van der Waals surface area contributed by atoms with Crippen molar-refractivity contribution >= 4 is 0 Å². The zero-order valence-corrected chi connectivity index (χ0v) is 14.7. The number of hydrogen-bond donors (Lipinski definition) is 2. The lowest BCUT2D eigenvalue weighted by Crippen LogP contribution is -2.36. The van der Waals surface area contributed by atoms with Crippen LogP contribution in [-0.4, -0.2) is 38.0 Å². The van der Waals surface area contributed by atoms with Crippen LogP contribution >= 0.6 is 0 Å². The lowest BCUT2D eigenvalue weighted by molar-refractivity contribution is 0.161. The Morgan fingerprint density at radius 2 is 2.04 bits per heavy atom. The minimum absolute atomic E-state index is 0.00390. The average molecular weight is 329 g/mol.